The van der Waals surface area contributed by atoms with Crippen molar-refractivity contribution in [1.29, 1.82) is 0 Å². The lowest BCUT2D eigenvalue weighted by molar-refractivity contribution is -0.123. The van der Waals surface area contributed by atoms with Crippen molar-refractivity contribution in [3.8, 4) is 0 Å². The predicted octanol–water partition coefficient (Wildman–Crippen LogP) is 3.52. The van der Waals surface area contributed by atoms with E-state index < -0.39 is 18.6 Å². The number of halogens is 3. The Morgan fingerprint density at radius 1 is 1.19 bits per heavy atom. The first-order chi connectivity index (χ1) is 12.6. The number of hydrogen-bond donors (Lipinski definition) is 3. The molecule has 0 bridgehead atoms. The molecule has 1 aromatic rings. The summed E-state index contributed by atoms with van der Waals surface area (Å²) in [5.74, 6) is -1.04. The largest absolute Gasteiger partial charge is 0.405 e. The minimum Gasteiger partial charge on any atom is -0.343 e. The minimum atomic E-state index is -4.48. The summed E-state index contributed by atoms with van der Waals surface area (Å²) in [6.07, 6.45) is 0.904. The second kappa shape index (κ2) is 8.73. The van der Waals surface area contributed by atoms with Gasteiger partial charge < -0.3 is 16.4 Å². The quantitative estimate of drug-likeness (QED) is 0.700. The number of amides is 2. The summed E-state index contributed by atoms with van der Waals surface area (Å²) in [7, 11) is 0. The van der Waals surface area contributed by atoms with Crippen molar-refractivity contribution in [2.45, 2.75) is 51.6 Å². The van der Waals surface area contributed by atoms with Crippen LogP contribution in [0.2, 0.25) is 0 Å². The minimum absolute atomic E-state index is 0.0614. The Balaban J connectivity index is 2.05. The zero-order valence-electron chi connectivity index (χ0n) is 15.4. The second-order valence-corrected chi connectivity index (χ2v) is 7.32. The van der Waals surface area contributed by atoms with Crippen molar-refractivity contribution < 1.29 is 22.8 Å². The molecule has 5 nitrogen and oxygen atoms in total. The van der Waals surface area contributed by atoms with Crippen LogP contribution < -0.4 is 16.4 Å². The molecule has 1 fully saturated rings. The predicted molar refractivity (Wildman–Crippen MR) is 97.4 cm³/mol. The lowest BCUT2D eigenvalue weighted by atomic mass is 9.71. The normalized spacial score (nSPS) is 16.6. The fourth-order valence-corrected chi connectivity index (χ4v) is 3.47. The fraction of sp³-hybridized carbons (Fsp3) is 0.579. The van der Waals surface area contributed by atoms with Gasteiger partial charge in [0.05, 0.1) is 0 Å². The molecule has 4 N–H and O–H groups in total. The van der Waals surface area contributed by atoms with E-state index >= 15 is 0 Å². The monoisotopic (exact) mass is 385 g/mol. The molecule has 0 heterocycles. The third-order valence-corrected chi connectivity index (χ3v) is 5.11. The highest BCUT2D eigenvalue weighted by Crippen LogP contribution is 2.38. The molecule has 0 saturated heterocycles. The third-order valence-electron chi connectivity index (χ3n) is 5.11. The van der Waals surface area contributed by atoms with Gasteiger partial charge in [0.2, 0.25) is 5.91 Å². The number of rotatable bonds is 6. The van der Waals surface area contributed by atoms with Gasteiger partial charge in [-0.2, -0.15) is 13.2 Å². The first-order valence-electron chi connectivity index (χ1n) is 9.10. The van der Waals surface area contributed by atoms with Crippen LogP contribution in [0.4, 0.5) is 18.9 Å². The standard InChI is InChI=1S/C19H26F3N3O2/c1-13-5-6-14(17(27)24-12-19(20,21)22)9-15(13)25-16(26)10-18(11-23)7-3-2-4-8-18/h5-6,9H,2-4,7-8,10-12,23H2,1H3,(H,24,27)(H,25,26). The van der Waals surface area contributed by atoms with Gasteiger partial charge in [0, 0.05) is 17.7 Å². The molecular weight excluding hydrogens is 359 g/mol. The summed E-state index contributed by atoms with van der Waals surface area (Å²) in [5, 5.41) is 4.61. The van der Waals surface area contributed by atoms with E-state index in [0.717, 1.165) is 37.7 Å². The Kier molecular flexibility index (Phi) is 6.86. The molecule has 1 aliphatic carbocycles. The summed E-state index contributed by atoms with van der Waals surface area (Å²) in [6, 6.07) is 4.42. The van der Waals surface area contributed by atoms with Crippen LogP contribution >= 0.6 is 0 Å². The van der Waals surface area contributed by atoms with Gasteiger partial charge >= 0.3 is 6.18 Å². The van der Waals surface area contributed by atoms with Gasteiger partial charge in [0.25, 0.3) is 5.91 Å². The average Bonchev–Trinajstić information content (AvgIpc) is 2.61. The van der Waals surface area contributed by atoms with Gasteiger partial charge in [-0.3, -0.25) is 9.59 Å². The second-order valence-electron chi connectivity index (χ2n) is 7.32. The molecule has 0 aromatic heterocycles. The van der Waals surface area contributed by atoms with Gasteiger partial charge in [0.1, 0.15) is 6.54 Å². The van der Waals surface area contributed by atoms with Gasteiger partial charge in [-0.1, -0.05) is 25.3 Å². The molecular formula is C19H26F3N3O2. The molecule has 2 amide bonds. The number of anilines is 1. The highest BCUT2D eigenvalue weighted by atomic mass is 19.4. The Hall–Kier alpha value is -2.09. The number of aryl methyl sites for hydroxylation is 1. The lowest BCUT2D eigenvalue weighted by Crippen LogP contribution is -2.36. The van der Waals surface area contributed by atoms with Crippen molar-refractivity contribution >= 4 is 17.5 Å². The molecule has 1 aliphatic rings. The third kappa shape index (κ3) is 6.23. The molecule has 1 aromatic carbocycles. The van der Waals surface area contributed by atoms with Crippen molar-refractivity contribution in [3.63, 3.8) is 0 Å². The number of alkyl halides is 3. The van der Waals surface area contributed by atoms with Crippen LogP contribution in [-0.4, -0.2) is 31.1 Å². The number of carbonyl (C=O) groups is 2. The van der Waals surface area contributed by atoms with Gasteiger partial charge in [-0.25, -0.2) is 0 Å². The van der Waals surface area contributed by atoms with Gasteiger partial charge in [-0.15, -0.1) is 0 Å². The maximum atomic E-state index is 12.5. The first-order valence-corrected chi connectivity index (χ1v) is 9.10. The molecule has 27 heavy (non-hydrogen) atoms. The van der Waals surface area contributed by atoms with Gasteiger partial charge in [0.15, 0.2) is 0 Å². The maximum Gasteiger partial charge on any atom is 0.405 e. The smallest absolute Gasteiger partial charge is 0.343 e. The van der Waals surface area contributed by atoms with Crippen LogP contribution in [0.15, 0.2) is 18.2 Å². The van der Waals surface area contributed by atoms with E-state index in [4.69, 9.17) is 5.73 Å². The summed E-state index contributed by atoms with van der Waals surface area (Å²) >= 11 is 0. The number of hydrogen-bond acceptors (Lipinski definition) is 3. The lowest BCUT2D eigenvalue weighted by Gasteiger charge is -2.35. The Morgan fingerprint density at radius 2 is 1.85 bits per heavy atom. The zero-order valence-corrected chi connectivity index (χ0v) is 15.4. The van der Waals surface area contributed by atoms with E-state index in [9.17, 15) is 22.8 Å². The van der Waals surface area contributed by atoms with Gasteiger partial charge in [-0.05, 0) is 49.4 Å². The summed E-state index contributed by atoms with van der Waals surface area (Å²) in [6.45, 7) is 0.798. The van der Waals surface area contributed by atoms with E-state index in [-0.39, 0.29) is 16.9 Å². The Bertz CT molecular complexity index is 683. The molecule has 0 spiro atoms. The molecule has 0 aliphatic heterocycles. The molecule has 8 heteroatoms. The number of carbonyl (C=O) groups excluding carboxylic acids is 2. The number of nitrogens with two attached hydrogens (primary N) is 1. The molecule has 0 radical (unpaired) electrons. The van der Waals surface area contributed by atoms with Crippen molar-refractivity contribution in [2.24, 2.45) is 11.1 Å². The first kappa shape index (κ1) is 21.2. The van der Waals surface area contributed by atoms with Crippen LogP contribution in [-0.2, 0) is 4.79 Å². The summed E-state index contributed by atoms with van der Waals surface area (Å²) in [4.78, 5) is 24.4. The summed E-state index contributed by atoms with van der Waals surface area (Å²) in [5.41, 5.74) is 6.92. The number of nitrogens with one attached hydrogen (secondary N) is 2. The van der Waals surface area contributed by atoms with E-state index in [1.807, 2.05) is 5.32 Å². The SMILES string of the molecule is Cc1ccc(C(=O)NCC(F)(F)F)cc1NC(=O)CC1(CN)CCCCC1. The van der Waals surface area contributed by atoms with Crippen molar-refractivity contribution in [1.82, 2.24) is 5.32 Å². The Labute approximate surface area is 156 Å². The molecule has 1 saturated carbocycles. The van der Waals surface area contributed by atoms with E-state index in [0.29, 0.717) is 18.7 Å². The molecule has 0 atom stereocenters. The Morgan fingerprint density at radius 3 is 2.44 bits per heavy atom. The highest BCUT2D eigenvalue weighted by molar-refractivity contribution is 5.97. The maximum absolute atomic E-state index is 12.5. The van der Waals surface area contributed by atoms with Crippen LogP contribution in [0.5, 0.6) is 0 Å². The molecule has 150 valence electrons. The van der Waals surface area contributed by atoms with E-state index in [2.05, 4.69) is 5.32 Å². The van der Waals surface area contributed by atoms with Crippen LogP contribution in [0.25, 0.3) is 0 Å². The zero-order chi connectivity index (χ0) is 20.1. The van der Waals surface area contributed by atoms with E-state index in [1.165, 1.54) is 12.1 Å². The van der Waals surface area contributed by atoms with E-state index in [1.54, 1.807) is 13.0 Å². The van der Waals surface area contributed by atoms with Crippen molar-refractivity contribution in [3.05, 3.63) is 29.3 Å². The average molecular weight is 385 g/mol. The fourth-order valence-electron chi connectivity index (χ4n) is 3.47. The molecule has 0 unspecified atom stereocenters. The van der Waals surface area contributed by atoms with Crippen LogP contribution in [0.1, 0.15) is 54.4 Å². The highest BCUT2D eigenvalue weighted by Gasteiger charge is 2.33. The summed E-state index contributed by atoms with van der Waals surface area (Å²) < 4.78 is 36.8. The molecule has 2 rings (SSSR count). The van der Waals surface area contributed by atoms with Crippen molar-refractivity contribution in [2.75, 3.05) is 18.4 Å². The topological polar surface area (TPSA) is 84.2 Å². The number of benzene rings is 1. The van der Waals surface area contributed by atoms with Crippen LogP contribution in [0, 0.1) is 12.3 Å². The van der Waals surface area contributed by atoms with Crippen LogP contribution in [0.3, 0.4) is 0 Å².